The zero-order valence-electron chi connectivity index (χ0n) is 16.8. The van der Waals surface area contributed by atoms with E-state index in [1.54, 1.807) is 29.7 Å². The molecule has 3 heterocycles. The van der Waals surface area contributed by atoms with E-state index >= 15 is 0 Å². The molecule has 4 rings (SSSR count). The van der Waals surface area contributed by atoms with E-state index in [9.17, 15) is 18.0 Å². The van der Waals surface area contributed by atoms with Crippen LogP contribution in [0.1, 0.15) is 29.4 Å². The number of hydrogen-bond acceptors (Lipinski definition) is 6. The summed E-state index contributed by atoms with van der Waals surface area (Å²) >= 11 is 0. The summed E-state index contributed by atoms with van der Waals surface area (Å²) in [5.74, 6) is 0.443. The fraction of sp³-hybridized carbons (Fsp3) is 0.550. The minimum Gasteiger partial charge on any atom is -0.336 e. The molecular formula is C20H26N4O4S. The third-order valence-corrected chi connectivity index (χ3v) is 7.75. The first-order valence-corrected chi connectivity index (χ1v) is 11.9. The highest BCUT2D eigenvalue weighted by Gasteiger charge is 2.34. The minimum absolute atomic E-state index is 0.0562. The van der Waals surface area contributed by atoms with Gasteiger partial charge in [0, 0.05) is 44.3 Å². The molecule has 2 saturated heterocycles. The quantitative estimate of drug-likeness (QED) is 0.728. The molecule has 0 radical (unpaired) electrons. The van der Waals surface area contributed by atoms with E-state index < -0.39 is 9.84 Å². The summed E-state index contributed by atoms with van der Waals surface area (Å²) in [6, 6.07) is 5.38. The van der Waals surface area contributed by atoms with Crippen LogP contribution >= 0.6 is 0 Å². The number of rotatable bonds is 3. The first-order valence-electron chi connectivity index (χ1n) is 10.0. The van der Waals surface area contributed by atoms with Crippen molar-refractivity contribution in [1.82, 2.24) is 19.4 Å². The summed E-state index contributed by atoms with van der Waals surface area (Å²) in [5.41, 5.74) is 2.24. The molecule has 0 spiro atoms. The third kappa shape index (κ3) is 3.81. The van der Waals surface area contributed by atoms with Gasteiger partial charge in [-0.2, -0.15) is 0 Å². The Kier molecular flexibility index (Phi) is 5.20. The number of fused-ring (bicyclic) bond motifs is 1. The highest BCUT2D eigenvalue weighted by atomic mass is 32.2. The van der Waals surface area contributed by atoms with Gasteiger partial charge in [-0.1, -0.05) is 0 Å². The van der Waals surface area contributed by atoms with Crippen LogP contribution in [0, 0.1) is 6.92 Å². The second kappa shape index (κ2) is 7.53. The zero-order valence-corrected chi connectivity index (χ0v) is 17.6. The summed E-state index contributed by atoms with van der Waals surface area (Å²) < 4.78 is 25.1. The van der Waals surface area contributed by atoms with Gasteiger partial charge in [0.15, 0.2) is 9.84 Å². The number of piperazine rings is 1. The Labute approximate surface area is 170 Å². The van der Waals surface area contributed by atoms with Gasteiger partial charge in [-0.05, 0) is 38.5 Å². The van der Waals surface area contributed by atoms with E-state index in [0.29, 0.717) is 55.9 Å². The van der Waals surface area contributed by atoms with E-state index in [0.717, 1.165) is 5.52 Å². The van der Waals surface area contributed by atoms with E-state index in [2.05, 4.69) is 9.88 Å². The SMILES string of the molecule is CCn1c(=O)c(C)nc2cc(C(=O)N3CCN(C4CCS(=O)(=O)C4)CC3)ccc21. The van der Waals surface area contributed by atoms with Crippen LogP contribution in [0.3, 0.4) is 0 Å². The van der Waals surface area contributed by atoms with Crippen molar-refractivity contribution in [3.8, 4) is 0 Å². The number of nitrogens with zero attached hydrogens (tertiary/aromatic N) is 4. The average molecular weight is 419 g/mol. The van der Waals surface area contributed by atoms with Gasteiger partial charge in [0.1, 0.15) is 5.69 Å². The second-order valence-electron chi connectivity index (χ2n) is 7.84. The van der Waals surface area contributed by atoms with Crippen LogP contribution in [-0.2, 0) is 16.4 Å². The monoisotopic (exact) mass is 418 g/mol. The molecule has 2 aliphatic rings. The molecular weight excluding hydrogens is 392 g/mol. The van der Waals surface area contributed by atoms with Crippen molar-refractivity contribution >= 4 is 26.8 Å². The van der Waals surface area contributed by atoms with Gasteiger partial charge in [-0.3, -0.25) is 14.5 Å². The van der Waals surface area contributed by atoms with Gasteiger partial charge >= 0.3 is 0 Å². The van der Waals surface area contributed by atoms with Crippen molar-refractivity contribution < 1.29 is 13.2 Å². The largest absolute Gasteiger partial charge is 0.336 e. The van der Waals surface area contributed by atoms with E-state index in [4.69, 9.17) is 0 Å². The molecule has 1 atom stereocenters. The molecule has 1 aromatic carbocycles. The number of aromatic nitrogens is 2. The van der Waals surface area contributed by atoms with Crippen molar-refractivity contribution in [1.29, 1.82) is 0 Å². The van der Waals surface area contributed by atoms with Gasteiger partial charge in [0.2, 0.25) is 0 Å². The molecule has 2 fully saturated rings. The summed E-state index contributed by atoms with van der Waals surface area (Å²) in [7, 11) is -2.90. The van der Waals surface area contributed by atoms with Crippen molar-refractivity contribution in [2.45, 2.75) is 32.9 Å². The second-order valence-corrected chi connectivity index (χ2v) is 10.1. The molecule has 1 aromatic heterocycles. The fourth-order valence-electron chi connectivity index (χ4n) is 4.36. The lowest BCUT2D eigenvalue weighted by atomic mass is 10.1. The van der Waals surface area contributed by atoms with Crippen LogP contribution in [0.2, 0.25) is 0 Å². The zero-order chi connectivity index (χ0) is 20.8. The minimum atomic E-state index is -2.90. The summed E-state index contributed by atoms with van der Waals surface area (Å²) in [6.07, 6.45) is 0.686. The van der Waals surface area contributed by atoms with Crippen molar-refractivity contribution in [2.75, 3.05) is 37.7 Å². The van der Waals surface area contributed by atoms with Crippen LogP contribution in [-0.4, -0.2) is 77.4 Å². The number of hydrogen-bond donors (Lipinski definition) is 0. The molecule has 2 aliphatic heterocycles. The molecule has 0 aliphatic carbocycles. The highest BCUT2D eigenvalue weighted by molar-refractivity contribution is 7.91. The summed E-state index contributed by atoms with van der Waals surface area (Å²) in [4.78, 5) is 33.6. The lowest BCUT2D eigenvalue weighted by Gasteiger charge is -2.37. The molecule has 1 unspecified atom stereocenters. The molecule has 2 aromatic rings. The Balaban J connectivity index is 1.50. The maximum Gasteiger partial charge on any atom is 0.272 e. The normalized spacial score (nSPS) is 22.3. The standard InChI is InChI=1S/C20H26N4O4S/c1-3-24-18-5-4-15(12-17(18)21-14(2)19(24)25)20(26)23-9-7-22(8-10-23)16-6-11-29(27,28)13-16/h4-5,12,16H,3,6-11,13H2,1-2H3. The summed E-state index contributed by atoms with van der Waals surface area (Å²) in [6.45, 7) is 6.67. The molecule has 0 bridgehead atoms. The Bertz CT molecular complexity index is 1120. The summed E-state index contributed by atoms with van der Waals surface area (Å²) in [5, 5.41) is 0. The van der Waals surface area contributed by atoms with Crippen LogP contribution < -0.4 is 5.56 Å². The van der Waals surface area contributed by atoms with Crippen molar-refractivity contribution in [3.05, 3.63) is 39.8 Å². The fourth-order valence-corrected chi connectivity index (χ4v) is 6.12. The maximum absolute atomic E-state index is 13.0. The van der Waals surface area contributed by atoms with Gasteiger partial charge in [0.25, 0.3) is 11.5 Å². The number of carbonyl (C=O) groups is 1. The van der Waals surface area contributed by atoms with E-state index in [1.807, 2.05) is 11.8 Å². The lowest BCUT2D eigenvalue weighted by Crippen LogP contribution is -2.52. The Morgan fingerprint density at radius 1 is 1.21 bits per heavy atom. The van der Waals surface area contributed by atoms with Crippen molar-refractivity contribution in [3.63, 3.8) is 0 Å². The van der Waals surface area contributed by atoms with Crippen LogP contribution in [0.5, 0.6) is 0 Å². The number of aryl methyl sites for hydroxylation is 2. The van der Waals surface area contributed by atoms with Crippen LogP contribution in [0.4, 0.5) is 0 Å². The highest BCUT2D eigenvalue weighted by Crippen LogP contribution is 2.21. The Morgan fingerprint density at radius 2 is 1.93 bits per heavy atom. The van der Waals surface area contributed by atoms with Gasteiger partial charge in [0.05, 0.1) is 22.5 Å². The molecule has 8 nitrogen and oxygen atoms in total. The number of sulfone groups is 1. The molecule has 9 heteroatoms. The van der Waals surface area contributed by atoms with E-state index in [1.165, 1.54) is 0 Å². The predicted octanol–water partition coefficient (Wildman–Crippen LogP) is 0.670. The molecule has 1 amide bonds. The topological polar surface area (TPSA) is 92.6 Å². The molecule has 156 valence electrons. The first kappa shape index (κ1) is 20.0. The molecule has 0 N–H and O–H groups in total. The van der Waals surface area contributed by atoms with Gasteiger partial charge in [-0.25, -0.2) is 13.4 Å². The Morgan fingerprint density at radius 3 is 2.55 bits per heavy atom. The molecule has 29 heavy (non-hydrogen) atoms. The lowest BCUT2D eigenvalue weighted by molar-refractivity contribution is 0.0588. The smallest absolute Gasteiger partial charge is 0.272 e. The van der Waals surface area contributed by atoms with Crippen LogP contribution in [0.15, 0.2) is 23.0 Å². The average Bonchev–Trinajstić information content (AvgIpc) is 3.08. The van der Waals surface area contributed by atoms with Gasteiger partial charge in [-0.15, -0.1) is 0 Å². The Hall–Kier alpha value is -2.26. The predicted molar refractivity (Wildman–Crippen MR) is 111 cm³/mol. The first-order chi connectivity index (χ1) is 13.8. The maximum atomic E-state index is 13.0. The van der Waals surface area contributed by atoms with E-state index in [-0.39, 0.29) is 29.0 Å². The number of amides is 1. The third-order valence-electron chi connectivity index (χ3n) is 6.00. The van der Waals surface area contributed by atoms with Gasteiger partial charge < -0.3 is 9.47 Å². The molecule has 0 saturated carbocycles. The number of benzene rings is 1. The van der Waals surface area contributed by atoms with Crippen molar-refractivity contribution in [2.24, 2.45) is 0 Å². The number of carbonyl (C=O) groups excluding carboxylic acids is 1. The van der Waals surface area contributed by atoms with Crippen LogP contribution in [0.25, 0.3) is 11.0 Å².